The highest BCUT2D eigenvalue weighted by Crippen LogP contribution is 2.40. The van der Waals surface area contributed by atoms with Gasteiger partial charge in [0, 0.05) is 10.5 Å². The van der Waals surface area contributed by atoms with Crippen molar-refractivity contribution in [2.24, 2.45) is 0 Å². The number of fused-ring (bicyclic) bond motifs is 1. The van der Waals surface area contributed by atoms with E-state index in [0.717, 1.165) is 26.7 Å². The molecule has 0 radical (unpaired) electrons. The number of benzene rings is 2. The van der Waals surface area contributed by atoms with Crippen LogP contribution in [0.2, 0.25) is 0 Å². The SMILES string of the molecule is COc1cccc(C=C2Sc3ccccc3C2=O)c1. The zero-order valence-corrected chi connectivity index (χ0v) is 11.2. The highest BCUT2D eigenvalue weighted by atomic mass is 32.2. The molecule has 1 heterocycles. The summed E-state index contributed by atoms with van der Waals surface area (Å²) in [6.45, 7) is 0. The van der Waals surface area contributed by atoms with Crippen molar-refractivity contribution in [2.75, 3.05) is 7.11 Å². The Hall–Kier alpha value is -2.00. The fourth-order valence-electron chi connectivity index (χ4n) is 2.02. The van der Waals surface area contributed by atoms with Gasteiger partial charge in [0.05, 0.1) is 12.0 Å². The van der Waals surface area contributed by atoms with Crippen LogP contribution in [0.15, 0.2) is 58.3 Å². The Morgan fingerprint density at radius 1 is 1.11 bits per heavy atom. The van der Waals surface area contributed by atoms with Gasteiger partial charge in [-0.25, -0.2) is 0 Å². The summed E-state index contributed by atoms with van der Waals surface area (Å²) in [5.74, 6) is 0.894. The van der Waals surface area contributed by atoms with E-state index in [4.69, 9.17) is 4.74 Å². The molecule has 94 valence electrons. The van der Waals surface area contributed by atoms with Crippen LogP contribution in [0, 0.1) is 0 Å². The third-order valence-corrected chi connectivity index (χ3v) is 4.07. The first-order valence-electron chi connectivity index (χ1n) is 5.95. The summed E-state index contributed by atoms with van der Waals surface area (Å²) in [5.41, 5.74) is 1.77. The maximum absolute atomic E-state index is 12.2. The molecule has 0 spiro atoms. The Labute approximate surface area is 116 Å². The monoisotopic (exact) mass is 268 g/mol. The minimum Gasteiger partial charge on any atom is -0.497 e. The van der Waals surface area contributed by atoms with Crippen LogP contribution in [-0.2, 0) is 0 Å². The fourth-order valence-corrected chi connectivity index (χ4v) is 3.07. The van der Waals surface area contributed by atoms with Gasteiger partial charge in [-0.1, -0.05) is 36.0 Å². The van der Waals surface area contributed by atoms with Gasteiger partial charge in [-0.2, -0.15) is 0 Å². The molecule has 2 aromatic rings. The van der Waals surface area contributed by atoms with Gasteiger partial charge >= 0.3 is 0 Å². The number of carbonyl (C=O) groups is 1. The van der Waals surface area contributed by atoms with E-state index in [2.05, 4.69) is 0 Å². The van der Waals surface area contributed by atoms with E-state index in [0.29, 0.717) is 0 Å². The van der Waals surface area contributed by atoms with Gasteiger partial charge in [0.15, 0.2) is 0 Å². The average Bonchev–Trinajstić information content (AvgIpc) is 2.76. The summed E-state index contributed by atoms with van der Waals surface area (Å²) in [6.07, 6.45) is 1.91. The molecule has 19 heavy (non-hydrogen) atoms. The summed E-state index contributed by atoms with van der Waals surface area (Å²) in [7, 11) is 1.64. The maximum atomic E-state index is 12.2. The number of ketones is 1. The van der Waals surface area contributed by atoms with E-state index in [1.54, 1.807) is 7.11 Å². The molecule has 0 unspecified atom stereocenters. The number of hydrogen-bond donors (Lipinski definition) is 0. The second-order valence-electron chi connectivity index (χ2n) is 4.21. The maximum Gasteiger partial charge on any atom is 0.200 e. The minimum atomic E-state index is 0.100. The van der Waals surface area contributed by atoms with Crippen molar-refractivity contribution >= 4 is 23.6 Å². The minimum absolute atomic E-state index is 0.100. The number of methoxy groups -OCH3 is 1. The topological polar surface area (TPSA) is 26.3 Å². The van der Waals surface area contributed by atoms with Crippen molar-refractivity contribution in [2.45, 2.75) is 4.90 Å². The molecule has 0 aromatic heterocycles. The molecule has 0 saturated carbocycles. The van der Waals surface area contributed by atoms with Crippen LogP contribution in [0.3, 0.4) is 0 Å². The zero-order valence-electron chi connectivity index (χ0n) is 10.4. The Bertz CT molecular complexity index is 674. The third-order valence-electron chi connectivity index (χ3n) is 2.97. The highest BCUT2D eigenvalue weighted by Gasteiger charge is 2.24. The lowest BCUT2D eigenvalue weighted by Crippen LogP contribution is -1.93. The molecule has 0 amide bonds. The van der Waals surface area contributed by atoms with Crippen LogP contribution in [0.25, 0.3) is 6.08 Å². The first kappa shape index (κ1) is 12.1. The van der Waals surface area contributed by atoms with Crippen LogP contribution < -0.4 is 4.74 Å². The largest absolute Gasteiger partial charge is 0.497 e. The van der Waals surface area contributed by atoms with E-state index in [1.807, 2.05) is 54.6 Å². The summed E-state index contributed by atoms with van der Waals surface area (Å²) in [5, 5.41) is 0. The summed E-state index contributed by atoms with van der Waals surface area (Å²) >= 11 is 1.52. The first-order valence-corrected chi connectivity index (χ1v) is 6.77. The van der Waals surface area contributed by atoms with Crippen molar-refractivity contribution in [1.82, 2.24) is 0 Å². The normalized spacial score (nSPS) is 15.6. The molecule has 0 N–H and O–H groups in total. The lowest BCUT2D eigenvalue weighted by Gasteiger charge is -2.01. The molecule has 2 aromatic carbocycles. The number of thioether (sulfide) groups is 1. The molecule has 3 rings (SSSR count). The van der Waals surface area contributed by atoms with Crippen molar-refractivity contribution in [1.29, 1.82) is 0 Å². The van der Waals surface area contributed by atoms with Gasteiger partial charge in [0.2, 0.25) is 5.78 Å². The fraction of sp³-hybridized carbons (Fsp3) is 0.0625. The van der Waals surface area contributed by atoms with Crippen molar-refractivity contribution in [3.05, 3.63) is 64.6 Å². The van der Waals surface area contributed by atoms with Crippen LogP contribution in [0.1, 0.15) is 15.9 Å². The number of carbonyl (C=O) groups excluding carboxylic acids is 1. The smallest absolute Gasteiger partial charge is 0.200 e. The number of allylic oxidation sites excluding steroid dienone is 1. The molecular weight excluding hydrogens is 256 g/mol. The number of ether oxygens (including phenoxy) is 1. The second kappa shape index (κ2) is 4.94. The average molecular weight is 268 g/mol. The molecular formula is C16H12O2S. The van der Waals surface area contributed by atoms with Gasteiger partial charge in [0.1, 0.15) is 5.75 Å². The van der Waals surface area contributed by atoms with Gasteiger partial charge < -0.3 is 4.74 Å². The predicted molar refractivity (Wildman–Crippen MR) is 77.6 cm³/mol. The van der Waals surface area contributed by atoms with Crippen molar-refractivity contribution in [3.63, 3.8) is 0 Å². The van der Waals surface area contributed by atoms with Crippen LogP contribution in [0.5, 0.6) is 5.75 Å². The molecule has 1 aliphatic heterocycles. The van der Waals surface area contributed by atoms with E-state index in [9.17, 15) is 4.79 Å². The number of rotatable bonds is 2. The Balaban J connectivity index is 1.96. The van der Waals surface area contributed by atoms with Crippen LogP contribution >= 0.6 is 11.8 Å². The van der Waals surface area contributed by atoms with Crippen molar-refractivity contribution in [3.8, 4) is 5.75 Å². The Morgan fingerprint density at radius 2 is 1.95 bits per heavy atom. The third kappa shape index (κ3) is 2.29. The van der Waals surface area contributed by atoms with Crippen molar-refractivity contribution < 1.29 is 9.53 Å². The second-order valence-corrected chi connectivity index (χ2v) is 5.30. The first-order chi connectivity index (χ1) is 9.28. The van der Waals surface area contributed by atoms with E-state index >= 15 is 0 Å². The molecule has 0 bridgehead atoms. The number of hydrogen-bond acceptors (Lipinski definition) is 3. The molecule has 0 atom stereocenters. The Kier molecular flexibility index (Phi) is 3.13. The lowest BCUT2D eigenvalue weighted by molar-refractivity contribution is 0.104. The molecule has 0 saturated heterocycles. The molecule has 0 fully saturated rings. The summed E-state index contributed by atoms with van der Waals surface area (Å²) in [6, 6.07) is 15.4. The van der Waals surface area contributed by atoms with E-state index < -0.39 is 0 Å². The molecule has 2 nitrogen and oxygen atoms in total. The molecule has 0 aliphatic carbocycles. The van der Waals surface area contributed by atoms with Gasteiger partial charge in [-0.15, -0.1) is 0 Å². The van der Waals surface area contributed by atoms with E-state index in [-0.39, 0.29) is 5.78 Å². The van der Waals surface area contributed by atoms with Crippen LogP contribution in [0.4, 0.5) is 0 Å². The van der Waals surface area contributed by atoms with Gasteiger partial charge in [-0.3, -0.25) is 4.79 Å². The quantitative estimate of drug-likeness (QED) is 0.769. The predicted octanol–water partition coefficient (Wildman–Crippen LogP) is 4.02. The summed E-state index contributed by atoms with van der Waals surface area (Å²) in [4.78, 5) is 14.0. The van der Waals surface area contributed by atoms with Gasteiger partial charge in [0.25, 0.3) is 0 Å². The van der Waals surface area contributed by atoms with Crippen LogP contribution in [-0.4, -0.2) is 12.9 Å². The lowest BCUT2D eigenvalue weighted by atomic mass is 10.1. The molecule has 3 heteroatoms. The zero-order chi connectivity index (χ0) is 13.2. The molecule has 1 aliphatic rings. The highest BCUT2D eigenvalue weighted by molar-refractivity contribution is 8.04. The summed E-state index contributed by atoms with van der Waals surface area (Å²) < 4.78 is 5.19. The van der Waals surface area contributed by atoms with E-state index in [1.165, 1.54) is 11.8 Å². The standard InChI is InChI=1S/C16H12O2S/c1-18-12-6-4-5-11(9-12)10-15-16(17)13-7-2-3-8-14(13)19-15/h2-10H,1H3. The number of Topliss-reactive ketones (excluding diaryl/α,β-unsaturated/α-hetero) is 1. The Morgan fingerprint density at radius 3 is 2.74 bits per heavy atom. The van der Waals surface area contributed by atoms with Gasteiger partial charge in [-0.05, 0) is 35.9 Å².